The van der Waals surface area contributed by atoms with E-state index < -0.39 is 54.1 Å². The monoisotopic (exact) mass is 669 g/mol. The molecule has 0 aliphatic carbocycles. The number of ether oxygens (including phenoxy) is 2. The molecule has 0 spiro atoms. The molecule has 45 heavy (non-hydrogen) atoms. The molecule has 0 saturated carbocycles. The molecule has 1 heterocycles. The maximum Gasteiger partial charge on any atom is 0.412 e. The highest BCUT2D eigenvalue weighted by Gasteiger charge is 2.57. The summed E-state index contributed by atoms with van der Waals surface area (Å²) in [4.78, 5) is 55.4. The molecule has 1 N–H and O–H groups in total. The van der Waals surface area contributed by atoms with E-state index in [0.717, 1.165) is 0 Å². The van der Waals surface area contributed by atoms with Crippen LogP contribution in [0.1, 0.15) is 61.3 Å². The molecule has 1 aliphatic rings. The lowest BCUT2D eigenvalue weighted by molar-refractivity contribution is -0.160. The van der Waals surface area contributed by atoms with Crippen LogP contribution in [-0.2, 0) is 27.9 Å². The van der Waals surface area contributed by atoms with Crippen molar-refractivity contribution in [3.63, 3.8) is 0 Å². The van der Waals surface area contributed by atoms with Gasteiger partial charge in [-0.1, -0.05) is 66.9 Å². The number of nitrogens with zero attached hydrogens (tertiary/aromatic N) is 2. The normalized spacial score (nSPS) is 18.7. The molecule has 1 saturated heterocycles. The Morgan fingerprint density at radius 3 is 1.91 bits per heavy atom. The zero-order valence-electron chi connectivity index (χ0n) is 29.6. The molecule has 1 unspecified atom stereocenters. The third kappa shape index (κ3) is 12.7. The first-order valence-electron chi connectivity index (χ1n) is 15.9. The summed E-state index contributed by atoms with van der Waals surface area (Å²) in [5, 5.41) is 2.89. The maximum atomic E-state index is 13.5. The van der Waals surface area contributed by atoms with Crippen LogP contribution in [0.2, 0.25) is 26.2 Å². The van der Waals surface area contributed by atoms with Gasteiger partial charge in [-0.2, -0.15) is 0 Å². The predicted octanol–water partition coefficient (Wildman–Crippen LogP) is 4.88. The second kappa shape index (κ2) is 17.4. The summed E-state index contributed by atoms with van der Waals surface area (Å²) in [6, 6.07) is -0.432. The highest BCUT2D eigenvalue weighted by Crippen LogP contribution is 2.45. The van der Waals surface area contributed by atoms with Gasteiger partial charge in [0.15, 0.2) is 23.9 Å². The third-order valence-electron chi connectivity index (χ3n) is 7.71. The van der Waals surface area contributed by atoms with Crippen molar-refractivity contribution in [2.24, 2.45) is 16.7 Å². The minimum atomic E-state index is -1.59. The molecule has 4 atom stereocenters. The first-order chi connectivity index (χ1) is 20.7. The fourth-order valence-corrected chi connectivity index (χ4v) is 7.65. The second-order valence-corrected chi connectivity index (χ2v) is 19.3. The van der Waals surface area contributed by atoms with Crippen LogP contribution in [0.15, 0.2) is 25.3 Å². The van der Waals surface area contributed by atoms with Gasteiger partial charge in [-0.05, 0) is 50.4 Å². The summed E-state index contributed by atoms with van der Waals surface area (Å²) in [5.74, 6) is -0.908. The lowest BCUT2D eigenvalue weighted by Crippen LogP contribution is -2.70. The Hall–Kier alpha value is -2.49. The molecule has 13 heteroatoms. The Kier molecular flexibility index (Phi) is 15.7. The van der Waals surface area contributed by atoms with Crippen molar-refractivity contribution in [3.8, 4) is 0 Å². The number of carbonyl (C=O) groups is 4. The van der Waals surface area contributed by atoms with Gasteiger partial charge in [-0.25, -0.2) is 9.59 Å². The SMILES string of the molecule is C=CCOC(=O)N(CCN(C(=O)OCC=C)C(CC(C)(C)C)O[SiH](C)C)CC(=O)C[C@H]1NC(=O)[C@@H]1[C@@](C)(O[SiH](C)C)C(C)(C)C. The molecule has 0 radical (unpaired) electrons. The van der Waals surface area contributed by atoms with Crippen LogP contribution in [0.4, 0.5) is 9.59 Å². The fraction of sp³-hybridized carbons (Fsp3) is 0.750. The van der Waals surface area contributed by atoms with E-state index in [1.165, 1.54) is 22.0 Å². The summed E-state index contributed by atoms with van der Waals surface area (Å²) in [7, 11) is -3.13. The van der Waals surface area contributed by atoms with Crippen molar-refractivity contribution >= 4 is 42.0 Å². The Morgan fingerprint density at radius 2 is 1.47 bits per heavy atom. The summed E-state index contributed by atoms with van der Waals surface area (Å²) in [5.41, 5.74) is -1.30. The third-order valence-corrected chi connectivity index (χ3v) is 9.53. The van der Waals surface area contributed by atoms with Crippen molar-refractivity contribution in [1.29, 1.82) is 0 Å². The number of nitrogens with one attached hydrogen (secondary N) is 1. The van der Waals surface area contributed by atoms with Gasteiger partial charge < -0.3 is 23.6 Å². The van der Waals surface area contributed by atoms with Crippen LogP contribution in [-0.4, -0.2) is 102 Å². The van der Waals surface area contributed by atoms with Crippen molar-refractivity contribution in [3.05, 3.63) is 25.3 Å². The van der Waals surface area contributed by atoms with E-state index in [-0.39, 0.29) is 61.8 Å². The van der Waals surface area contributed by atoms with Gasteiger partial charge in [0, 0.05) is 19.5 Å². The van der Waals surface area contributed by atoms with Gasteiger partial charge in [0.1, 0.15) is 19.4 Å². The van der Waals surface area contributed by atoms with Gasteiger partial charge in [-0.3, -0.25) is 19.4 Å². The van der Waals surface area contributed by atoms with E-state index in [0.29, 0.717) is 6.42 Å². The van der Waals surface area contributed by atoms with Crippen molar-refractivity contribution < 1.29 is 37.5 Å². The highest BCUT2D eigenvalue weighted by molar-refractivity contribution is 6.48. The number of rotatable bonds is 18. The van der Waals surface area contributed by atoms with Crippen LogP contribution in [0.5, 0.6) is 0 Å². The number of carbonyl (C=O) groups excluding carboxylic acids is 4. The minimum absolute atomic E-state index is 0.00319. The Bertz CT molecular complexity index is 1040. The summed E-state index contributed by atoms with van der Waals surface area (Å²) in [6.07, 6.45) is 1.60. The minimum Gasteiger partial charge on any atom is -0.445 e. The van der Waals surface area contributed by atoms with E-state index in [1.807, 2.05) is 40.8 Å². The van der Waals surface area contributed by atoms with Gasteiger partial charge in [0.2, 0.25) is 5.91 Å². The average molecular weight is 670 g/mol. The largest absolute Gasteiger partial charge is 0.445 e. The smallest absolute Gasteiger partial charge is 0.412 e. The number of hydrogen-bond donors (Lipinski definition) is 1. The van der Waals surface area contributed by atoms with Crippen molar-refractivity contribution in [2.75, 3.05) is 32.8 Å². The van der Waals surface area contributed by atoms with Gasteiger partial charge in [0.25, 0.3) is 0 Å². The fourth-order valence-electron chi connectivity index (χ4n) is 5.29. The number of amides is 3. The van der Waals surface area contributed by atoms with E-state index in [4.69, 9.17) is 18.3 Å². The molecule has 0 bridgehead atoms. The maximum absolute atomic E-state index is 13.5. The van der Waals surface area contributed by atoms with Crippen LogP contribution in [0.25, 0.3) is 0 Å². The Labute approximate surface area is 274 Å². The molecule has 1 fully saturated rings. The summed E-state index contributed by atoms with van der Waals surface area (Å²) in [6.45, 7) is 29.4. The number of ketones is 1. The first kappa shape index (κ1) is 40.5. The molecule has 1 aliphatic heterocycles. The van der Waals surface area contributed by atoms with Gasteiger partial charge in [0.05, 0.1) is 24.1 Å². The molecule has 1 rings (SSSR count). The van der Waals surface area contributed by atoms with Crippen LogP contribution < -0.4 is 5.32 Å². The second-order valence-electron chi connectivity index (χ2n) is 14.6. The Balaban J connectivity index is 3.25. The van der Waals surface area contributed by atoms with Gasteiger partial charge in [-0.15, -0.1) is 0 Å². The number of β-lactam (4-membered cyclic amide) rings is 1. The van der Waals surface area contributed by atoms with Crippen molar-refractivity contribution in [2.45, 2.75) is 105 Å². The van der Waals surface area contributed by atoms with Crippen LogP contribution in [0.3, 0.4) is 0 Å². The van der Waals surface area contributed by atoms with Crippen LogP contribution >= 0.6 is 0 Å². The van der Waals surface area contributed by atoms with E-state index >= 15 is 0 Å². The molecule has 3 amide bonds. The van der Waals surface area contributed by atoms with E-state index in [9.17, 15) is 19.2 Å². The molecule has 0 aromatic heterocycles. The molecule has 0 aromatic carbocycles. The lowest BCUT2D eigenvalue weighted by atomic mass is 9.64. The standard InChI is InChI=1S/C32H59N3O8Si2/c1-14-18-40-28(38)34(16-17-35(29(39)41-19-15-2)25(42-44(10)11)21-30(3,4)5)22-23(36)20-24-26(27(37)33-24)32(9,31(6,7)8)43-45(12)13/h14-15,24-26,44-45H,1-2,16-22H2,3-13H3,(H,33,37)/t24-,25?,26-,32-/m1/s1. The first-order valence-corrected chi connectivity index (χ1v) is 21.4. The molecular formula is C32H59N3O8Si2. The zero-order chi connectivity index (χ0) is 34.8. The Morgan fingerprint density at radius 1 is 0.911 bits per heavy atom. The van der Waals surface area contributed by atoms with E-state index in [2.05, 4.69) is 52.3 Å². The average Bonchev–Trinajstić information content (AvgIpc) is 2.86. The van der Waals surface area contributed by atoms with E-state index in [1.54, 1.807) is 0 Å². The summed E-state index contributed by atoms with van der Waals surface area (Å²) >= 11 is 0. The van der Waals surface area contributed by atoms with Gasteiger partial charge >= 0.3 is 12.2 Å². The molecule has 258 valence electrons. The molecular weight excluding hydrogens is 611 g/mol. The quantitative estimate of drug-likeness (QED) is 0.0949. The van der Waals surface area contributed by atoms with Crippen molar-refractivity contribution in [1.82, 2.24) is 15.1 Å². The predicted molar refractivity (Wildman–Crippen MR) is 182 cm³/mol. The van der Waals surface area contributed by atoms with Crippen LogP contribution in [0, 0.1) is 16.7 Å². The topological polar surface area (TPSA) is 124 Å². The zero-order valence-corrected chi connectivity index (χ0v) is 31.9. The molecule has 0 aromatic rings. The molecule has 11 nitrogen and oxygen atoms in total. The number of Topliss-reactive ketones (excluding diaryl/α,β-unsaturated/α-hetero) is 1. The number of hydrogen-bond acceptors (Lipinski definition) is 8. The lowest BCUT2D eigenvalue weighted by Gasteiger charge is -2.54. The highest BCUT2D eigenvalue weighted by atomic mass is 28.3. The summed E-state index contributed by atoms with van der Waals surface area (Å²) < 4.78 is 23.4.